The lowest BCUT2D eigenvalue weighted by molar-refractivity contribution is -0.267. The summed E-state index contributed by atoms with van der Waals surface area (Å²) in [4.78, 5) is 27.4. The number of nitrogens with zero attached hydrogens (tertiary/aromatic N) is 1. The second kappa shape index (κ2) is 7.42. The molecule has 4 N–H and O–H groups in total. The van der Waals surface area contributed by atoms with Crippen molar-refractivity contribution in [2.24, 2.45) is 5.73 Å². The number of aryl methyl sites for hydroxylation is 1. The van der Waals surface area contributed by atoms with Gasteiger partial charge in [-0.15, -0.1) is 11.3 Å². The zero-order chi connectivity index (χ0) is 19.5. The number of benzene rings is 1. The van der Waals surface area contributed by atoms with Gasteiger partial charge in [0.05, 0.1) is 6.42 Å². The van der Waals surface area contributed by atoms with Gasteiger partial charge in [-0.3, -0.25) is 9.59 Å². The molecule has 2 aromatic rings. The number of aliphatic hydroxyl groups is 1. The van der Waals surface area contributed by atoms with Gasteiger partial charge in [0.15, 0.2) is 0 Å². The molecule has 1 aromatic carbocycles. The first-order valence-electron chi connectivity index (χ1n) is 7.40. The van der Waals surface area contributed by atoms with Crippen molar-refractivity contribution in [3.63, 3.8) is 0 Å². The summed E-state index contributed by atoms with van der Waals surface area (Å²) in [5, 5.41) is 13.0. The van der Waals surface area contributed by atoms with E-state index in [-0.39, 0.29) is 5.69 Å². The molecule has 0 saturated heterocycles. The van der Waals surface area contributed by atoms with Crippen LogP contribution in [0.25, 0.3) is 0 Å². The van der Waals surface area contributed by atoms with Crippen LogP contribution in [0.3, 0.4) is 0 Å². The van der Waals surface area contributed by atoms with E-state index in [0.717, 1.165) is 0 Å². The third-order valence-corrected chi connectivity index (χ3v) is 4.69. The van der Waals surface area contributed by atoms with Gasteiger partial charge in [0.1, 0.15) is 11.0 Å². The third kappa shape index (κ3) is 4.20. The predicted octanol–water partition coefficient (Wildman–Crippen LogP) is 1.93. The number of halogens is 3. The lowest BCUT2D eigenvalue weighted by Gasteiger charge is -2.28. The molecule has 2 unspecified atom stereocenters. The Hall–Kier alpha value is -2.46. The van der Waals surface area contributed by atoms with Crippen LogP contribution in [-0.2, 0) is 15.2 Å². The molecule has 0 bridgehead atoms. The van der Waals surface area contributed by atoms with Crippen LogP contribution >= 0.6 is 11.3 Å². The van der Waals surface area contributed by atoms with Crippen LogP contribution in [-0.4, -0.2) is 28.1 Å². The van der Waals surface area contributed by atoms with Crippen molar-refractivity contribution < 1.29 is 27.9 Å². The number of alkyl halides is 3. The molecule has 0 radical (unpaired) electrons. The Kier molecular flexibility index (Phi) is 5.67. The van der Waals surface area contributed by atoms with Crippen LogP contribution in [0.15, 0.2) is 35.7 Å². The van der Waals surface area contributed by atoms with Crippen LogP contribution in [0.5, 0.6) is 0 Å². The minimum atomic E-state index is -5.14. The first kappa shape index (κ1) is 19.9. The summed E-state index contributed by atoms with van der Waals surface area (Å²) < 4.78 is 40.3. The highest BCUT2D eigenvalue weighted by Gasteiger charge is 2.58. The lowest BCUT2D eigenvalue weighted by atomic mass is 9.98. The van der Waals surface area contributed by atoms with Crippen LogP contribution in [0, 0.1) is 6.92 Å². The summed E-state index contributed by atoms with van der Waals surface area (Å²) in [5.74, 6) is -2.13. The summed E-state index contributed by atoms with van der Waals surface area (Å²) in [6.07, 6.45) is -6.48. The van der Waals surface area contributed by atoms with Gasteiger partial charge in [0, 0.05) is 11.1 Å². The van der Waals surface area contributed by atoms with Gasteiger partial charge >= 0.3 is 6.18 Å². The molecule has 140 valence electrons. The number of nitrogens with two attached hydrogens (primary N) is 1. The second-order valence-electron chi connectivity index (χ2n) is 5.64. The van der Waals surface area contributed by atoms with Crippen LogP contribution in [0.2, 0.25) is 0 Å². The number of aromatic nitrogens is 1. The molecule has 0 aliphatic heterocycles. The summed E-state index contributed by atoms with van der Waals surface area (Å²) >= 11 is 0.594. The molecule has 2 rings (SSSR count). The maximum atomic E-state index is 13.4. The number of nitrogens with one attached hydrogen (secondary N) is 1. The molecule has 0 saturated carbocycles. The number of hydrogen-bond acceptors (Lipinski definition) is 5. The maximum Gasteiger partial charge on any atom is 0.424 e. The second-order valence-corrected chi connectivity index (χ2v) is 6.50. The van der Waals surface area contributed by atoms with Gasteiger partial charge in [-0.2, -0.15) is 13.2 Å². The maximum absolute atomic E-state index is 13.4. The molecule has 2 atom stereocenters. The molecule has 1 aromatic heterocycles. The molecule has 2 amide bonds. The van der Waals surface area contributed by atoms with E-state index in [1.807, 2.05) is 0 Å². The lowest BCUT2D eigenvalue weighted by Crippen LogP contribution is -2.47. The van der Waals surface area contributed by atoms with E-state index in [0.29, 0.717) is 16.9 Å². The third-order valence-electron chi connectivity index (χ3n) is 3.58. The SMILES string of the molecule is Cc1csc(C(O)(CC(=O)NC(C(N)=O)c2ccccc2)C(F)(F)F)n1. The minimum Gasteiger partial charge on any atom is -0.374 e. The van der Waals surface area contributed by atoms with Crippen LogP contribution in [0.4, 0.5) is 13.2 Å². The zero-order valence-corrected chi connectivity index (χ0v) is 14.4. The van der Waals surface area contributed by atoms with Crippen molar-refractivity contribution >= 4 is 23.2 Å². The van der Waals surface area contributed by atoms with Gasteiger partial charge < -0.3 is 16.2 Å². The summed E-state index contributed by atoms with van der Waals surface area (Å²) in [6.45, 7) is 1.47. The smallest absolute Gasteiger partial charge is 0.374 e. The highest BCUT2D eigenvalue weighted by molar-refractivity contribution is 7.09. The minimum absolute atomic E-state index is 0.285. The number of primary amides is 1. The van der Waals surface area contributed by atoms with Gasteiger partial charge in [-0.25, -0.2) is 4.98 Å². The summed E-state index contributed by atoms with van der Waals surface area (Å²) in [6, 6.07) is 6.51. The fraction of sp³-hybridized carbons (Fsp3) is 0.312. The topological polar surface area (TPSA) is 105 Å². The van der Waals surface area contributed by atoms with Crippen LogP contribution < -0.4 is 11.1 Å². The van der Waals surface area contributed by atoms with Gasteiger partial charge in [0.2, 0.25) is 17.4 Å². The van der Waals surface area contributed by atoms with Crippen molar-refractivity contribution in [2.75, 3.05) is 0 Å². The van der Waals surface area contributed by atoms with Gasteiger partial charge in [0.25, 0.3) is 0 Å². The molecule has 0 fully saturated rings. The van der Waals surface area contributed by atoms with Crippen molar-refractivity contribution in [3.8, 4) is 0 Å². The Morgan fingerprint density at radius 3 is 2.38 bits per heavy atom. The normalized spacial score (nSPS) is 15.1. The fourth-order valence-electron chi connectivity index (χ4n) is 2.25. The number of hydrogen-bond donors (Lipinski definition) is 3. The first-order chi connectivity index (χ1) is 12.0. The van der Waals surface area contributed by atoms with Crippen molar-refractivity contribution in [2.45, 2.75) is 31.2 Å². The highest BCUT2D eigenvalue weighted by Crippen LogP contribution is 2.42. The molecule has 10 heteroatoms. The first-order valence-corrected chi connectivity index (χ1v) is 8.28. The quantitative estimate of drug-likeness (QED) is 0.704. The summed E-state index contributed by atoms with van der Waals surface area (Å²) in [5.41, 5.74) is 2.37. The average molecular weight is 387 g/mol. The van der Waals surface area contributed by atoms with Gasteiger partial charge in [-0.1, -0.05) is 30.3 Å². The fourth-order valence-corrected chi connectivity index (χ4v) is 3.16. The van der Waals surface area contributed by atoms with E-state index in [1.54, 1.807) is 18.2 Å². The number of thiazole rings is 1. The molecule has 6 nitrogen and oxygen atoms in total. The molecule has 0 spiro atoms. The number of carbonyl (C=O) groups excluding carboxylic acids is 2. The Labute approximate surface area is 150 Å². The standard InChI is InChI=1S/C16H16F3N3O3S/c1-9-8-26-14(21-9)15(25,16(17,18)19)7-11(23)22-12(13(20)24)10-5-3-2-4-6-10/h2-6,8,12,25H,7H2,1H3,(H2,20,24)(H,22,23). The Balaban J connectivity index is 2.26. The van der Waals surface area contributed by atoms with Gasteiger partial charge in [-0.05, 0) is 12.5 Å². The molecule has 26 heavy (non-hydrogen) atoms. The molecular weight excluding hydrogens is 371 g/mol. The highest BCUT2D eigenvalue weighted by atomic mass is 32.1. The van der Waals surface area contributed by atoms with E-state index in [1.165, 1.54) is 24.4 Å². The Morgan fingerprint density at radius 2 is 1.92 bits per heavy atom. The number of amides is 2. The Morgan fingerprint density at radius 1 is 1.31 bits per heavy atom. The van der Waals surface area contributed by atoms with E-state index >= 15 is 0 Å². The average Bonchev–Trinajstić information content (AvgIpc) is 2.99. The molecule has 1 heterocycles. The molecule has 0 aliphatic carbocycles. The monoisotopic (exact) mass is 387 g/mol. The summed E-state index contributed by atoms with van der Waals surface area (Å²) in [7, 11) is 0. The van der Waals surface area contributed by atoms with E-state index in [9.17, 15) is 27.9 Å². The van der Waals surface area contributed by atoms with E-state index in [2.05, 4.69) is 10.3 Å². The Bertz CT molecular complexity index is 795. The van der Waals surface area contributed by atoms with Crippen LogP contribution in [0.1, 0.15) is 28.7 Å². The predicted molar refractivity (Wildman–Crippen MR) is 87.9 cm³/mol. The van der Waals surface area contributed by atoms with Crippen molar-refractivity contribution in [1.29, 1.82) is 0 Å². The van der Waals surface area contributed by atoms with Crippen molar-refractivity contribution in [3.05, 3.63) is 52.0 Å². The van der Waals surface area contributed by atoms with Crippen molar-refractivity contribution in [1.82, 2.24) is 10.3 Å². The largest absolute Gasteiger partial charge is 0.424 e. The zero-order valence-electron chi connectivity index (χ0n) is 13.6. The molecular formula is C16H16F3N3O3S. The number of carbonyl (C=O) groups is 2. The van der Waals surface area contributed by atoms with E-state index < -0.39 is 41.1 Å². The number of rotatable bonds is 6. The van der Waals surface area contributed by atoms with E-state index in [4.69, 9.17) is 5.73 Å². The molecule has 0 aliphatic rings.